The lowest BCUT2D eigenvalue weighted by Gasteiger charge is -2.38. The van der Waals surface area contributed by atoms with E-state index in [1.165, 1.54) is 0 Å². The molecule has 0 aliphatic carbocycles. The number of morpholine rings is 1. The van der Waals surface area contributed by atoms with E-state index in [0.717, 1.165) is 5.57 Å². The zero-order valence-corrected chi connectivity index (χ0v) is 11.6. The number of urea groups is 1. The first-order valence-electron chi connectivity index (χ1n) is 6.45. The number of carbonyl (C=O) groups excluding carboxylic acids is 1. The van der Waals surface area contributed by atoms with E-state index >= 15 is 0 Å². The second-order valence-electron chi connectivity index (χ2n) is 4.77. The van der Waals surface area contributed by atoms with E-state index in [1.54, 1.807) is 9.80 Å². The number of amides is 2. The van der Waals surface area contributed by atoms with Gasteiger partial charge in [-0.25, -0.2) is 4.79 Å². The maximum Gasteiger partial charge on any atom is 0.320 e. The fourth-order valence-electron chi connectivity index (χ4n) is 2.10. The van der Waals surface area contributed by atoms with E-state index in [1.807, 2.05) is 13.8 Å². The third kappa shape index (κ3) is 4.55. The van der Waals surface area contributed by atoms with Crippen molar-refractivity contribution in [2.24, 2.45) is 0 Å². The number of hydrogen-bond acceptors (Lipinski definition) is 3. The van der Waals surface area contributed by atoms with Crippen LogP contribution in [0.3, 0.4) is 0 Å². The van der Waals surface area contributed by atoms with Gasteiger partial charge in [0, 0.05) is 19.6 Å². The normalized spacial score (nSPS) is 19.1. The predicted molar refractivity (Wildman–Crippen MR) is 71.0 cm³/mol. The molecule has 0 radical (unpaired) electrons. The topological polar surface area (TPSA) is 70.1 Å². The maximum atomic E-state index is 12.4. The molecule has 1 atom stereocenters. The van der Waals surface area contributed by atoms with E-state index < -0.39 is 12.0 Å². The second-order valence-corrected chi connectivity index (χ2v) is 4.77. The van der Waals surface area contributed by atoms with Crippen LogP contribution in [0.15, 0.2) is 12.2 Å². The van der Waals surface area contributed by atoms with E-state index in [2.05, 4.69) is 6.58 Å². The Labute approximate surface area is 113 Å². The van der Waals surface area contributed by atoms with Gasteiger partial charge in [0.2, 0.25) is 0 Å². The monoisotopic (exact) mass is 270 g/mol. The molecule has 1 unspecified atom stereocenters. The first-order chi connectivity index (χ1) is 8.95. The average Bonchev–Trinajstić information content (AvgIpc) is 2.35. The third-order valence-corrected chi connectivity index (χ3v) is 3.00. The Hall–Kier alpha value is -1.56. The number of rotatable bonds is 5. The summed E-state index contributed by atoms with van der Waals surface area (Å²) in [6.07, 6.45) is -0.0869. The van der Waals surface area contributed by atoms with Gasteiger partial charge < -0.3 is 19.6 Å². The van der Waals surface area contributed by atoms with E-state index in [-0.39, 0.29) is 19.1 Å². The van der Waals surface area contributed by atoms with E-state index in [0.29, 0.717) is 26.2 Å². The lowest BCUT2D eigenvalue weighted by molar-refractivity contribution is -0.139. The molecule has 1 aliphatic rings. The molecule has 0 aromatic carbocycles. The summed E-state index contributed by atoms with van der Waals surface area (Å²) in [5.41, 5.74) is 0.901. The quantitative estimate of drug-likeness (QED) is 0.762. The molecule has 2 amide bonds. The van der Waals surface area contributed by atoms with Crippen LogP contribution in [0.1, 0.15) is 20.3 Å². The molecule has 0 spiro atoms. The van der Waals surface area contributed by atoms with Crippen LogP contribution in [0, 0.1) is 0 Å². The highest BCUT2D eigenvalue weighted by atomic mass is 16.5. The lowest BCUT2D eigenvalue weighted by atomic mass is 10.1. The van der Waals surface area contributed by atoms with Crippen molar-refractivity contribution in [3.05, 3.63) is 12.2 Å². The molecule has 0 aromatic rings. The number of likely N-dealkylation sites (N-methyl/N-ethyl adjacent to an activating group) is 1. The molecule has 1 rings (SSSR count). The minimum absolute atomic E-state index is 0.0869. The number of aliphatic carboxylic acids is 1. The van der Waals surface area contributed by atoms with Crippen molar-refractivity contribution in [2.45, 2.75) is 26.3 Å². The van der Waals surface area contributed by atoms with Crippen molar-refractivity contribution in [1.29, 1.82) is 0 Å². The van der Waals surface area contributed by atoms with Crippen molar-refractivity contribution >= 4 is 12.0 Å². The summed E-state index contributed by atoms with van der Waals surface area (Å²) in [7, 11) is 0. The lowest BCUT2D eigenvalue weighted by Crippen LogP contribution is -2.54. The van der Waals surface area contributed by atoms with Gasteiger partial charge in [-0.2, -0.15) is 0 Å². The molecule has 1 saturated heterocycles. The van der Waals surface area contributed by atoms with E-state index in [4.69, 9.17) is 9.84 Å². The molecule has 0 aromatic heterocycles. The molecule has 108 valence electrons. The van der Waals surface area contributed by atoms with Crippen LogP contribution in [-0.2, 0) is 9.53 Å². The number of nitrogens with zero attached hydrogens (tertiary/aromatic N) is 2. The summed E-state index contributed by atoms with van der Waals surface area (Å²) in [5, 5.41) is 8.89. The highest BCUT2D eigenvalue weighted by Crippen LogP contribution is 2.14. The standard InChI is InChI=1S/C13H22N2O4/c1-4-14(8-10(2)3)13(18)15-5-6-19-9-11(15)7-12(16)17/h11H,2,4-9H2,1,3H3,(H,16,17). The van der Waals surface area contributed by atoms with Crippen LogP contribution in [0.4, 0.5) is 4.79 Å². The minimum atomic E-state index is -0.920. The van der Waals surface area contributed by atoms with Gasteiger partial charge in [-0.05, 0) is 13.8 Å². The molecule has 1 fully saturated rings. The highest BCUT2D eigenvalue weighted by Gasteiger charge is 2.31. The zero-order chi connectivity index (χ0) is 14.4. The van der Waals surface area contributed by atoms with Gasteiger partial charge in [0.05, 0.1) is 25.7 Å². The summed E-state index contributed by atoms with van der Waals surface area (Å²) in [4.78, 5) is 26.5. The van der Waals surface area contributed by atoms with Gasteiger partial charge in [-0.3, -0.25) is 4.79 Å². The summed E-state index contributed by atoms with van der Waals surface area (Å²) in [6.45, 7) is 9.80. The number of carboxylic acid groups (broad SMARTS) is 1. The molecule has 6 heteroatoms. The van der Waals surface area contributed by atoms with Crippen LogP contribution < -0.4 is 0 Å². The molecular formula is C13H22N2O4. The third-order valence-electron chi connectivity index (χ3n) is 3.00. The van der Waals surface area contributed by atoms with Crippen molar-refractivity contribution in [3.63, 3.8) is 0 Å². The predicted octanol–water partition coefficient (Wildman–Crippen LogP) is 1.18. The molecule has 0 saturated carbocycles. The summed E-state index contributed by atoms with van der Waals surface area (Å²) < 4.78 is 5.26. The van der Waals surface area contributed by atoms with Gasteiger partial charge in [-0.15, -0.1) is 0 Å². The van der Waals surface area contributed by atoms with Gasteiger partial charge in [0.15, 0.2) is 0 Å². The molecule has 1 heterocycles. The average molecular weight is 270 g/mol. The summed E-state index contributed by atoms with van der Waals surface area (Å²) in [5.74, 6) is -0.920. The molecular weight excluding hydrogens is 248 g/mol. The second kappa shape index (κ2) is 7.13. The Morgan fingerprint density at radius 3 is 2.74 bits per heavy atom. The summed E-state index contributed by atoms with van der Waals surface area (Å²) in [6, 6.07) is -0.530. The Balaban J connectivity index is 2.74. The van der Waals surface area contributed by atoms with Crippen LogP contribution in [0.5, 0.6) is 0 Å². The molecule has 1 aliphatic heterocycles. The Kier molecular flexibility index (Phi) is 5.82. The molecule has 0 bridgehead atoms. The van der Waals surface area contributed by atoms with Crippen molar-refractivity contribution < 1.29 is 19.4 Å². The first kappa shape index (κ1) is 15.5. The first-order valence-corrected chi connectivity index (χ1v) is 6.45. The molecule has 1 N–H and O–H groups in total. The number of carboxylic acids is 1. The van der Waals surface area contributed by atoms with Crippen molar-refractivity contribution in [3.8, 4) is 0 Å². The van der Waals surface area contributed by atoms with Crippen molar-refractivity contribution in [1.82, 2.24) is 9.80 Å². The number of ether oxygens (including phenoxy) is 1. The highest BCUT2D eigenvalue weighted by molar-refractivity contribution is 5.76. The molecule has 19 heavy (non-hydrogen) atoms. The van der Waals surface area contributed by atoms with E-state index in [9.17, 15) is 9.59 Å². The van der Waals surface area contributed by atoms with Crippen LogP contribution in [0.25, 0.3) is 0 Å². The molecule has 6 nitrogen and oxygen atoms in total. The van der Waals surface area contributed by atoms with Gasteiger partial charge in [0.25, 0.3) is 0 Å². The van der Waals surface area contributed by atoms with Crippen LogP contribution in [0.2, 0.25) is 0 Å². The zero-order valence-electron chi connectivity index (χ0n) is 11.6. The van der Waals surface area contributed by atoms with Gasteiger partial charge in [0.1, 0.15) is 0 Å². The minimum Gasteiger partial charge on any atom is -0.481 e. The maximum absolute atomic E-state index is 12.4. The fraction of sp³-hybridized carbons (Fsp3) is 0.692. The summed E-state index contributed by atoms with van der Waals surface area (Å²) >= 11 is 0. The van der Waals surface area contributed by atoms with Crippen molar-refractivity contribution in [2.75, 3.05) is 32.8 Å². The Morgan fingerprint density at radius 2 is 2.21 bits per heavy atom. The fourth-order valence-corrected chi connectivity index (χ4v) is 2.10. The Morgan fingerprint density at radius 1 is 1.53 bits per heavy atom. The van der Waals surface area contributed by atoms with Gasteiger partial charge >= 0.3 is 12.0 Å². The van der Waals surface area contributed by atoms with Gasteiger partial charge in [-0.1, -0.05) is 12.2 Å². The van der Waals surface area contributed by atoms with Crippen LogP contribution in [-0.4, -0.2) is 65.8 Å². The Bertz CT molecular complexity index is 357. The smallest absolute Gasteiger partial charge is 0.320 e. The van der Waals surface area contributed by atoms with Crippen LogP contribution >= 0.6 is 0 Å². The number of carbonyl (C=O) groups is 2. The largest absolute Gasteiger partial charge is 0.481 e. The SMILES string of the molecule is C=C(C)CN(CC)C(=O)N1CCOCC1CC(=O)O. The number of hydrogen-bond donors (Lipinski definition) is 1.